The van der Waals surface area contributed by atoms with E-state index < -0.39 is 10.2 Å². The third-order valence-electron chi connectivity index (χ3n) is 6.21. The first-order valence-electron chi connectivity index (χ1n) is 10.9. The van der Waals surface area contributed by atoms with E-state index in [2.05, 4.69) is 39.7 Å². The molecule has 1 unspecified atom stereocenters. The molecule has 164 valence electrons. The summed E-state index contributed by atoms with van der Waals surface area (Å²) >= 11 is 0. The summed E-state index contributed by atoms with van der Waals surface area (Å²) in [7, 11) is -3.03. The Morgan fingerprint density at radius 1 is 1.06 bits per heavy atom. The van der Waals surface area contributed by atoms with Crippen LogP contribution in [0.4, 0.5) is 0 Å². The van der Waals surface area contributed by atoms with E-state index in [1.54, 1.807) is 28.9 Å². The van der Waals surface area contributed by atoms with Gasteiger partial charge in [-0.25, -0.2) is 9.50 Å². The van der Waals surface area contributed by atoms with Gasteiger partial charge in [0.1, 0.15) is 6.26 Å². The third kappa shape index (κ3) is 4.37. The maximum atomic E-state index is 12.0. The zero-order chi connectivity index (χ0) is 22.1. The Labute approximate surface area is 189 Å². The summed E-state index contributed by atoms with van der Waals surface area (Å²) < 4.78 is 23.7. The normalized spacial score (nSPS) is 16.8. The predicted molar refractivity (Wildman–Crippen MR) is 128 cm³/mol. The lowest BCUT2D eigenvalue weighted by molar-refractivity contribution is 0.372. The number of aromatic nitrogens is 3. The maximum absolute atomic E-state index is 12.0. The molecule has 1 fully saturated rings. The van der Waals surface area contributed by atoms with Gasteiger partial charge in [0.15, 0.2) is 10.5 Å². The van der Waals surface area contributed by atoms with E-state index in [4.69, 9.17) is 0 Å². The molecule has 0 aliphatic carbocycles. The molecule has 2 N–H and O–H groups in total. The number of hydrogen-bond acceptors (Lipinski definition) is 4. The van der Waals surface area contributed by atoms with Gasteiger partial charge in [-0.2, -0.15) is 9.65 Å². The molecule has 0 amide bonds. The Morgan fingerprint density at radius 2 is 1.84 bits per heavy atom. The number of fused-ring (bicyclic) bond motifs is 1. The number of benzene rings is 2. The van der Waals surface area contributed by atoms with Crippen LogP contribution < -0.4 is 5.32 Å². The molecule has 0 saturated carbocycles. The Morgan fingerprint density at radius 3 is 2.59 bits per heavy atom. The van der Waals surface area contributed by atoms with Crippen LogP contribution in [0.15, 0.2) is 72.0 Å². The van der Waals surface area contributed by atoms with Crippen molar-refractivity contribution in [2.75, 3.05) is 19.3 Å². The quantitative estimate of drug-likeness (QED) is 0.438. The van der Waals surface area contributed by atoms with Crippen molar-refractivity contribution in [1.82, 2.24) is 19.9 Å². The SMILES string of the molecule is C[S+](=O)(O)c1cccc(-c2cnn3cc(-c4ccc(CC5CCNCC5)cc4)cnc23)c1. The number of nitrogens with one attached hydrogen (secondary N) is 1. The monoisotopic (exact) mass is 447 g/mol. The molecule has 1 saturated heterocycles. The minimum atomic E-state index is -3.03. The number of nitrogens with zero attached hydrogens (tertiary/aromatic N) is 3. The fraction of sp³-hybridized carbons (Fsp3) is 0.280. The van der Waals surface area contributed by atoms with E-state index in [1.165, 1.54) is 24.7 Å². The van der Waals surface area contributed by atoms with Gasteiger partial charge in [-0.05, 0) is 61.0 Å². The van der Waals surface area contributed by atoms with Crippen LogP contribution in [0.25, 0.3) is 27.9 Å². The molecule has 1 aliphatic rings. The van der Waals surface area contributed by atoms with Crippen LogP contribution in [0.5, 0.6) is 0 Å². The van der Waals surface area contributed by atoms with E-state index in [0.29, 0.717) is 10.5 Å². The summed E-state index contributed by atoms with van der Waals surface area (Å²) in [4.78, 5) is 5.06. The van der Waals surface area contributed by atoms with Crippen LogP contribution in [0.1, 0.15) is 18.4 Å². The van der Waals surface area contributed by atoms with Crippen molar-refractivity contribution in [3.8, 4) is 22.3 Å². The maximum Gasteiger partial charge on any atom is 0.244 e. The highest BCUT2D eigenvalue weighted by Crippen LogP contribution is 2.28. The van der Waals surface area contributed by atoms with Crippen molar-refractivity contribution < 1.29 is 8.76 Å². The highest BCUT2D eigenvalue weighted by atomic mass is 32.3. The van der Waals surface area contributed by atoms with Gasteiger partial charge in [-0.15, -0.1) is 0 Å². The van der Waals surface area contributed by atoms with Crippen LogP contribution in [0.3, 0.4) is 0 Å². The van der Waals surface area contributed by atoms with E-state index in [0.717, 1.165) is 47.7 Å². The average Bonchev–Trinajstić information content (AvgIpc) is 3.23. The summed E-state index contributed by atoms with van der Waals surface area (Å²) in [5.41, 5.74) is 5.86. The second-order valence-electron chi connectivity index (χ2n) is 8.59. The van der Waals surface area contributed by atoms with Crippen molar-refractivity contribution in [2.45, 2.75) is 24.2 Å². The lowest BCUT2D eigenvalue weighted by Gasteiger charge is -2.22. The van der Waals surface area contributed by atoms with Gasteiger partial charge in [0.05, 0.1) is 6.20 Å². The largest absolute Gasteiger partial charge is 0.317 e. The molecule has 2 aromatic heterocycles. The summed E-state index contributed by atoms with van der Waals surface area (Å²) in [6.45, 7) is 2.25. The first-order valence-corrected chi connectivity index (χ1v) is 12.9. The van der Waals surface area contributed by atoms with Gasteiger partial charge in [0, 0.05) is 29.6 Å². The molecule has 3 heterocycles. The lowest BCUT2D eigenvalue weighted by Crippen LogP contribution is -2.28. The average molecular weight is 448 g/mol. The molecular weight excluding hydrogens is 420 g/mol. The Bertz CT molecular complexity index is 1290. The Kier molecular flexibility index (Phi) is 5.63. The summed E-state index contributed by atoms with van der Waals surface area (Å²) in [6, 6.07) is 15.8. The molecular formula is C25H27N4O2S+. The first kappa shape index (κ1) is 21.0. The molecule has 1 atom stereocenters. The van der Waals surface area contributed by atoms with Crippen molar-refractivity contribution in [3.05, 3.63) is 72.7 Å². The van der Waals surface area contributed by atoms with E-state index >= 15 is 0 Å². The summed E-state index contributed by atoms with van der Waals surface area (Å²) in [5, 5.41) is 7.91. The van der Waals surface area contributed by atoms with Gasteiger partial charge < -0.3 is 5.32 Å². The van der Waals surface area contributed by atoms with Crippen LogP contribution >= 0.6 is 0 Å². The minimum Gasteiger partial charge on any atom is -0.317 e. The predicted octanol–water partition coefficient (Wildman–Crippen LogP) is 4.57. The van der Waals surface area contributed by atoms with Crippen molar-refractivity contribution in [2.24, 2.45) is 5.92 Å². The first-order chi connectivity index (χ1) is 15.5. The summed E-state index contributed by atoms with van der Waals surface area (Å²) in [5.74, 6) is 0.771. The van der Waals surface area contributed by atoms with Gasteiger partial charge in [0.25, 0.3) is 0 Å². The Hall–Kier alpha value is -2.87. The molecule has 0 bridgehead atoms. The van der Waals surface area contributed by atoms with E-state index in [1.807, 2.05) is 18.5 Å². The smallest absolute Gasteiger partial charge is 0.244 e. The zero-order valence-corrected chi connectivity index (χ0v) is 18.9. The molecule has 5 rings (SSSR count). The van der Waals surface area contributed by atoms with Gasteiger partial charge in [-0.1, -0.05) is 40.6 Å². The number of hydrogen-bond donors (Lipinski definition) is 2. The fourth-order valence-electron chi connectivity index (χ4n) is 4.38. The van der Waals surface area contributed by atoms with E-state index in [-0.39, 0.29) is 0 Å². The van der Waals surface area contributed by atoms with Crippen LogP contribution in [-0.4, -0.2) is 38.5 Å². The van der Waals surface area contributed by atoms with Gasteiger partial charge >= 0.3 is 0 Å². The zero-order valence-electron chi connectivity index (χ0n) is 18.1. The van der Waals surface area contributed by atoms with Crippen molar-refractivity contribution in [3.63, 3.8) is 0 Å². The molecule has 7 heteroatoms. The van der Waals surface area contributed by atoms with Gasteiger partial charge in [0.2, 0.25) is 10.2 Å². The van der Waals surface area contributed by atoms with Crippen molar-refractivity contribution in [1.29, 1.82) is 0 Å². The van der Waals surface area contributed by atoms with Crippen LogP contribution in [-0.2, 0) is 20.8 Å². The molecule has 1 aliphatic heterocycles. The molecule has 0 radical (unpaired) electrons. The second kappa shape index (κ2) is 8.58. The second-order valence-corrected chi connectivity index (χ2v) is 10.7. The van der Waals surface area contributed by atoms with Crippen LogP contribution in [0, 0.1) is 5.92 Å². The molecule has 2 aromatic carbocycles. The van der Waals surface area contributed by atoms with Crippen LogP contribution in [0.2, 0.25) is 0 Å². The standard InChI is InChI=1S/C25H26N4O2S/c1-32(30,31)23-4-2-3-21(14-23)24-16-28-29-17-22(15-27-25(24)29)20-7-5-18(6-8-20)13-19-9-11-26-12-10-19/h2-8,14-17,19,26H,9-13H2,1H3/p+1. The highest BCUT2D eigenvalue weighted by molar-refractivity contribution is 7.97. The number of piperidine rings is 1. The van der Waals surface area contributed by atoms with Crippen molar-refractivity contribution >= 4 is 15.9 Å². The third-order valence-corrected chi connectivity index (χ3v) is 7.34. The number of rotatable bonds is 5. The fourth-order valence-corrected chi connectivity index (χ4v) is 5.06. The minimum absolute atomic E-state index is 0.399. The summed E-state index contributed by atoms with van der Waals surface area (Å²) in [6.07, 6.45) is 10.6. The van der Waals surface area contributed by atoms with E-state index in [9.17, 15) is 8.76 Å². The molecule has 4 aromatic rings. The highest BCUT2D eigenvalue weighted by Gasteiger charge is 2.22. The lowest BCUT2D eigenvalue weighted by atomic mass is 9.90. The molecule has 0 spiro atoms. The molecule has 6 nitrogen and oxygen atoms in total. The molecule has 32 heavy (non-hydrogen) atoms. The topological polar surface area (TPSA) is 79.5 Å². The van der Waals surface area contributed by atoms with Gasteiger partial charge in [-0.3, -0.25) is 0 Å². The Balaban J connectivity index is 1.40.